The quantitative estimate of drug-likeness (QED) is 0.607. The van der Waals surface area contributed by atoms with Gasteiger partial charge in [-0.3, -0.25) is 4.79 Å². The summed E-state index contributed by atoms with van der Waals surface area (Å²) in [5.74, 6) is 0.615. The number of carbonyl (C=O) groups is 1. The Balaban J connectivity index is 2.54. The first kappa shape index (κ1) is 13.0. The van der Waals surface area contributed by atoms with E-state index < -0.39 is 0 Å². The molecule has 0 atom stereocenters. The lowest BCUT2D eigenvalue weighted by Crippen LogP contribution is -2.20. The molecule has 0 amide bonds. The molecule has 1 aromatic heterocycles. The lowest BCUT2D eigenvalue weighted by atomic mass is 10.1. The first-order valence-corrected chi connectivity index (χ1v) is 5.95. The van der Waals surface area contributed by atoms with Gasteiger partial charge in [0, 0.05) is 19.2 Å². The summed E-state index contributed by atoms with van der Waals surface area (Å²) in [5.41, 5.74) is 2.05. The topological polar surface area (TPSA) is 46.1 Å². The molecule has 2 aromatic rings. The highest BCUT2D eigenvalue weighted by atomic mass is 16.1. The van der Waals surface area contributed by atoms with Crippen molar-refractivity contribution >= 4 is 12.1 Å². The summed E-state index contributed by atoms with van der Waals surface area (Å²) in [5, 5.41) is 0. The molecule has 0 N–H and O–H groups in total. The van der Waals surface area contributed by atoms with Gasteiger partial charge in [-0.05, 0) is 0 Å². The molecule has 0 aliphatic rings. The minimum atomic E-state index is 0.498. The number of hydrogen-bond donors (Lipinski definition) is 0. The van der Waals surface area contributed by atoms with Crippen molar-refractivity contribution in [3.63, 3.8) is 0 Å². The van der Waals surface area contributed by atoms with Crippen LogP contribution in [0.15, 0.2) is 49.3 Å². The second-order valence-corrected chi connectivity index (χ2v) is 4.11. The Kier molecular flexibility index (Phi) is 4.03. The maximum atomic E-state index is 11.4. The number of aldehydes is 1. The van der Waals surface area contributed by atoms with Crippen LogP contribution in [-0.4, -0.2) is 29.8 Å². The molecule has 2 rings (SSSR count). The highest BCUT2D eigenvalue weighted by Crippen LogP contribution is 2.25. The molecule has 1 heterocycles. The number of carbonyl (C=O) groups excluding carboxylic acids is 1. The Morgan fingerprint density at radius 1 is 1.26 bits per heavy atom. The Bertz CT molecular complexity index is 581. The summed E-state index contributed by atoms with van der Waals surface area (Å²) in [6, 6.07) is 9.60. The van der Waals surface area contributed by atoms with Crippen molar-refractivity contribution in [2.45, 2.75) is 0 Å². The number of rotatable bonds is 5. The summed E-state index contributed by atoms with van der Waals surface area (Å²) in [6.45, 7) is 4.31. The summed E-state index contributed by atoms with van der Waals surface area (Å²) in [6.07, 6.45) is 4.04. The van der Waals surface area contributed by atoms with Gasteiger partial charge in [-0.1, -0.05) is 36.4 Å². The van der Waals surface area contributed by atoms with E-state index in [9.17, 15) is 4.79 Å². The normalized spacial score (nSPS) is 9.95. The predicted octanol–water partition coefficient (Wildman–Crippen LogP) is 2.58. The lowest BCUT2D eigenvalue weighted by molar-refractivity contribution is 0.112. The molecule has 0 fully saturated rings. The minimum absolute atomic E-state index is 0.498. The van der Waals surface area contributed by atoms with Crippen LogP contribution in [-0.2, 0) is 0 Å². The van der Waals surface area contributed by atoms with Gasteiger partial charge in [-0.25, -0.2) is 9.97 Å². The van der Waals surface area contributed by atoms with E-state index in [1.54, 1.807) is 6.08 Å². The molecule has 0 aliphatic carbocycles. The lowest BCUT2D eigenvalue weighted by Gasteiger charge is -2.18. The zero-order valence-electron chi connectivity index (χ0n) is 10.8. The first-order chi connectivity index (χ1) is 9.27. The van der Waals surface area contributed by atoms with Gasteiger partial charge in [-0.15, -0.1) is 6.58 Å². The standard InChI is InChI=1S/C15H15N3O/c1-3-9-18(2)15-13(10-19)14(16-11-17-15)12-7-5-4-6-8-12/h3-8,10-11H,1,9H2,2H3. The number of anilines is 1. The van der Waals surface area contributed by atoms with E-state index >= 15 is 0 Å². The van der Waals surface area contributed by atoms with Crippen LogP contribution in [0.2, 0.25) is 0 Å². The molecule has 0 spiro atoms. The fourth-order valence-corrected chi connectivity index (χ4v) is 1.91. The summed E-state index contributed by atoms with van der Waals surface area (Å²) in [7, 11) is 1.87. The predicted molar refractivity (Wildman–Crippen MR) is 76.3 cm³/mol. The third-order valence-electron chi connectivity index (χ3n) is 2.79. The molecular weight excluding hydrogens is 238 g/mol. The maximum Gasteiger partial charge on any atom is 0.155 e. The summed E-state index contributed by atoms with van der Waals surface area (Å²) < 4.78 is 0. The van der Waals surface area contributed by atoms with Gasteiger partial charge in [0.25, 0.3) is 0 Å². The van der Waals surface area contributed by atoms with E-state index in [0.29, 0.717) is 23.6 Å². The molecule has 96 valence electrons. The molecule has 0 aliphatic heterocycles. The van der Waals surface area contributed by atoms with Crippen molar-refractivity contribution < 1.29 is 4.79 Å². The largest absolute Gasteiger partial charge is 0.355 e. The summed E-state index contributed by atoms with van der Waals surface area (Å²) >= 11 is 0. The van der Waals surface area contributed by atoms with Crippen molar-refractivity contribution in [3.05, 3.63) is 54.9 Å². The van der Waals surface area contributed by atoms with Crippen LogP contribution < -0.4 is 4.90 Å². The van der Waals surface area contributed by atoms with E-state index in [1.807, 2.05) is 42.3 Å². The molecule has 4 heteroatoms. The van der Waals surface area contributed by atoms with Crippen LogP contribution in [0.5, 0.6) is 0 Å². The molecule has 4 nitrogen and oxygen atoms in total. The summed E-state index contributed by atoms with van der Waals surface area (Å²) in [4.78, 5) is 21.7. The van der Waals surface area contributed by atoms with Crippen molar-refractivity contribution in [1.29, 1.82) is 0 Å². The van der Waals surface area contributed by atoms with Crippen LogP contribution in [0, 0.1) is 0 Å². The maximum absolute atomic E-state index is 11.4. The van der Waals surface area contributed by atoms with E-state index in [1.165, 1.54) is 6.33 Å². The third-order valence-corrected chi connectivity index (χ3v) is 2.79. The van der Waals surface area contributed by atoms with Crippen LogP contribution in [0.3, 0.4) is 0 Å². The second kappa shape index (κ2) is 5.91. The zero-order valence-corrected chi connectivity index (χ0v) is 10.8. The van der Waals surface area contributed by atoms with Gasteiger partial charge in [0.05, 0.1) is 11.3 Å². The zero-order chi connectivity index (χ0) is 13.7. The number of aromatic nitrogens is 2. The Morgan fingerprint density at radius 3 is 2.63 bits per heavy atom. The van der Waals surface area contributed by atoms with Crippen LogP contribution in [0.4, 0.5) is 5.82 Å². The van der Waals surface area contributed by atoms with Crippen LogP contribution in [0.1, 0.15) is 10.4 Å². The number of likely N-dealkylation sites (N-methyl/N-ethyl adjacent to an activating group) is 1. The Hall–Kier alpha value is -2.49. The minimum Gasteiger partial charge on any atom is -0.355 e. The number of hydrogen-bond acceptors (Lipinski definition) is 4. The first-order valence-electron chi connectivity index (χ1n) is 5.95. The average Bonchev–Trinajstić information content (AvgIpc) is 2.47. The van der Waals surface area contributed by atoms with Crippen molar-refractivity contribution in [1.82, 2.24) is 9.97 Å². The van der Waals surface area contributed by atoms with Gasteiger partial charge < -0.3 is 4.90 Å². The van der Waals surface area contributed by atoms with Gasteiger partial charge in [0.15, 0.2) is 6.29 Å². The number of benzene rings is 1. The second-order valence-electron chi connectivity index (χ2n) is 4.11. The van der Waals surface area contributed by atoms with E-state index in [2.05, 4.69) is 16.5 Å². The fraction of sp³-hybridized carbons (Fsp3) is 0.133. The highest BCUT2D eigenvalue weighted by molar-refractivity contribution is 5.91. The van der Waals surface area contributed by atoms with E-state index in [0.717, 1.165) is 11.8 Å². The average molecular weight is 253 g/mol. The van der Waals surface area contributed by atoms with Gasteiger partial charge in [0.1, 0.15) is 12.1 Å². The molecule has 0 saturated heterocycles. The highest BCUT2D eigenvalue weighted by Gasteiger charge is 2.14. The number of nitrogens with zero attached hydrogens (tertiary/aromatic N) is 3. The third kappa shape index (κ3) is 2.68. The van der Waals surface area contributed by atoms with Crippen molar-refractivity contribution in [3.8, 4) is 11.3 Å². The van der Waals surface area contributed by atoms with Crippen molar-refractivity contribution in [2.24, 2.45) is 0 Å². The van der Waals surface area contributed by atoms with Gasteiger partial charge in [0.2, 0.25) is 0 Å². The molecule has 19 heavy (non-hydrogen) atoms. The van der Waals surface area contributed by atoms with Crippen LogP contribution >= 0.6 is 0 Å². The molecule has 0 bridgehead atoms. The smallest absolute Gasteiger partial charge is 0.155 e. The van der Waals surface area contributed by atoms with Gasteiger partial charge >= 0.3 is 0 Å². The molecule has 0 unspecified atom stereocenters. The Morgan fingerprint density at radius 2 is 2.00 bits per heavy atom. The Labute approximate surface area is 112 Å². The van der Waals surface area contributed by atoms with E-state index in [4.69, 9.17) is 0 Å². The molecule has 0 saturated carbocycles. The molecule has 0 radical (unpaired) electrons. The molecular formula is C15H15N3O. The van der Waals surface area contributed by atoms with Gasteiger partial charge in [-0.2, -0.15) is 0 Å². The monoisotopic (exact) mass is 253 g/mol. The SMILES string of the molecule is C=CCN(C)c1ncnc(-c2ccccc2)c1C=O. The van der Waals surface area contributed by atoms with Crippen LogP contribution in [0.25, 0.3) is 11.3 Å². The molecule has 1 aromatic carbocycles. The van der Waals surface area contributed by atoms with E-state index in [-0.39, 0.29) is 0 Å². The van der Waals surface area contributed by atoms with Crippen molar-refractivity contribution in [2.75, 3.05) is 18.5 Å². The fourth-order valence-electron chi connectivity index (χ4n) is 1.91.